The van der Waals surface area contributed by atoms with Crippen molar-refractivity contribution in [2.45, 2.75) is 46.5 Å². The molecule has 0 aliphatic carbocycles. The number of carbonyl (C=O) groups is 1. The van der Waals surface area contributed by atoms with Crippen LogP contribution >= 0.6 is 0 Å². The number of carbonyl (C=O) groups excluding carboxylic acids is 1. The molecule has 1 unspecified atom stereocenters. The molecule has 0 heterocycles. The van der Waals surface area contributed by atoms with Crippen molar-refractivity contribution >= 4 is 5.97 Å². The van der Waals surface area contributed by atoms with Crippen molar-refractivity contribution in [1.82, 2.24) is 0 Å². The topological polar surface area (TPSA) is 66.8 Å². The van der Waals surface area contributed by atoms with Gasteiger partial charge in [0.2, 0.25) is 0 Å². The Morgan fingerprint density at radius 1 is 1.29 bits per heavy atom. The van der Waals surface area contributed by atoms with Crippen LogP contribution in [0.3, 0.4) is 0 Å². The van der Waals surface area contributed by atoms with Gasteiger partial charge in [0, 0.05) is 5.41 Å². The van der Waals surface area contributed by atoms with Crippen molar-refractivity contribution in [2.75, 3.05) is 19.8 Å². The molecule has 0 aliphatic rings. The predicted octanol–water partition coefficient (Wildman–Crippen LogP) is 1.74. The summed E-state index contributed by atoms with van der Waals surface area (Å²) < 4.78 is 5.18. The van der Waals surface area contributed by atoms with Crippen LogP contribution in [0, 0.1) is 11.3 Å². The maximum absolute atomic E-state index is 11.8. The number of aliphatic hydroxyl groups excluding tert-OH is 2. The second-order valence-corrected chi connectivity index (χ2v) is 4.98. The molecule has 0 amide bonds. The Morgan fingerprint density at radius 3 is 2.29 bits per heavy atom. The summed E-state index contributed by atoms with van der Waals surface area (Å²) in [5.74, 6) is -0.273. The minimum atomic E-state index is -0.737. The number of ether oxygens (including phenoxy) is 1. The molecule has 102 valence electrons. The van der Waals surface area contributed by atoms with E-state index in [1.165, 1.54) is 0 Å². The van der Waals surface area contributed by atoms with Gasteiger partial charge >= 0.3 is 5.97 Å². The number of unbranched alkanes of at least 4 members (excludes halogenated alkanes) is 1. The maximum Gasteiger partial charge on any atom is 0.308 e. The van der Waals surface area contributed by atoms with Gasteiger partial charge in [0.1, 0.15) is 6.61 Å². The van der Waals surface area contributed by atoms with Crippen LogP contribution in [0.25, 0.3) is 0 Å². The Balaban J connectivity index is 4.13. The van der Waals surface area contributed by atoms with E-state index in [9.17, 15) is 4.79 Å². The monoisotopic (exact) mass is 246 g/mol. The molecule has 2 N–H and O–H groups in total. The summed E-state index contributed by atoms with van der Waals surface area (Å²) in [7, 11) is 0. The minimum absolute atomic E-state index is 0.0587. The van der Waals surface area contributed by atoms with Crippen molar-refractivity contribution in [3.63, 3.8) is 0 Å². The predicted molar refractivity (Wildman–Crippen MR) is 66.5 cm³/mol. The van der Waals surface area contributed by atoms with E-state index in [1.807, 2.05) is 6.92 Å². The molecule has 0 radical (unpaired) electrons. The van der Waals surface area contributed by atoms with Gasteiger partial charge in [-0.15, -0.1) is 0 Å². The molecule has 4 heteroatoms. The number of aliphatic hydroxyl groups is 2. The van der Waals surface area contributed by atoms with Crippen molar-refractivity contribution in [3.05, 3.63) is 0 Å². The molecule has 0 aromatic carbocycles. The Labute approximate surface area is 104 Å². The summed E-state index contributed by atoms with van der Waals surface area (Å²) >= 11 is 0. The fourth-order valence-electron chi connectivity index (χ4n) is 1.44. The van der Waals surface area contributed by atoms with Gasteiger partial charge in [-0.05, 0) is 12.8 Å². The number of rotatable bonds is 9. The van der Waals surface area contributed by atoms with Gasteiger partial charge in [-0.2, -0.15) is 0 Å². The van der Waals surface area contributed by atoms with Gasteiger partial charge < -0.3 is 14.9 Å². The number of hydrogen-bond donors (Lipinski definition) is 2. The number of hydrogen-bond acceptors (Lipinski definition) is 4. The van der Waals surface area contributed by atoms with Crippen LogP contribution in [0.4, 0.5) is 0 Å². The maximum atomic E-state index is 11.8. The van der Waals surface area contributed by atoms with Gasteiger partial charge in [0.15, 0.2) is 0 Å². The lowest BCUT2D eigenvalue weighted by molar-refractivity contribution is -0.154. The Morgan fingerprint density at radius 2 is 1.88 bits per heavy atom. The molecule has 0 spiro atoms. The molecular formula is C13H26O4. The van der Waals surface area contributed by atoms with Gasteiger partial charge in [-0.3, -0.25) is 4.79 Å². The van der Waals surface area contributed by atoms with Crippen LogP contribution in [0.2, 0.25) is 0 Å². The Kier molecular flexibility index (Phi) is 8.17. The van der Waals surface area contributed by atoms with E-state index < -0.39 is 5.41 Å². The van der Waals surface area contributed by atoms with Gasteiger partial charge in [0.05, 0.1) is 19.1 Å². The average Bonchev–Trinajstić information content (AvgIpc) is 2.36. The molecule has 4 nitrogen and oxygen atoms in total. The van der Waals surface area contributed by atoms with E-state index in [-0.39, 0.29) is 31.7 Å². The molecule has 17 heavy (non-hydrogen) atoms. The van der Waals surface area contributed by atoms with Crippen molar-refractivity contribution in [2.24, 2.45) is 11.3 Å². The highest BCUT2D eigenvalue weighted by Crippen LogP contribution is 2.18. The lowest BCUT2D eigenvalue weighted by Crippen LogP contribution is -2.34. The normalized spacial score (nSPS) is 13.5. The van der Waals surface area contributed by atoms with E-state index in [2.05, 4.69) is 6.92 Å². The lowest BCUT2D eigenvalue weighted by Gasteiger charge is -2.25. The van der Waals surface area contributed by atoms with Crippen LogP contribution in [0.5, 0.6) is 0 Å². The fraction of sp³-hybridized carbons (Fsp3) is 0.923. The van der Waals surface area contributed by atoms with E-state index in [4.69, 9.17) is 14.9 Å². The van der Waals surface area contributed by atoms with Crippen LogP contribution in [-0.4, -0.2) is 36.0 Å². The number of esters is 1. The van der Waals surface area contributed by atoms with E-state index in [1.54, 1.807) is 6.92 Å². The van der Waals surface area contributed by atoms with E-state index >= 15 is 0 Å². The summed E-state index contributed by atoms with van der Waals surface area (Å²) in [6, 6.07) is 0. The first kappa shape index (κ1) is 16.4. The largest absolute Gasteiger partial charge is 0.465 e. The van der Waals surface area contributed by atoms with Crippen molar-refractivity contribution < 1.29 is 19.7 Å². The third kappa shape index (κ3) is 6.03. The summed E-state index contributed by atoms with van der Waals surface area (Å²) in [6.07, 6.45) is 3.70. The Bertz CT molecular complexity index is 211. The highest BCUT2D eigenvalue weighted by Gasteiger charge is 2.26. The van der Waals surface area contributed by atoms with Gasteiger partial charge in [0.25, 0.3) is 0 Å². The first-order valence-electron chi connectivity index (χ1n) is 6.41. The zero-order valence-electron chi connectivity index (χ0n) is 11.2. The van der Waals surface area contributed by atoms with Crippen LogP contribution in [0.1, 0.15) is 46.5 Å². The lowest BCUT2D eigenvalue weighted by atomic mass is 9.94. The summed E-state index contributed by atoms with van der Waals surface area (Å²) in [5.41, 5.74) is -0.737. The van der Waals surface area contributed by atoms with Gasteiger partial charge in [-0.25, -0.2) is 0 Å². The average molecular weight is 246 g/mol. The molecule has 0 saturated carbocycles. The molecule has 0 fully saturated rings. The third-order valence-electron chi connectivity index (χ3n) is 3.06. The first-order chi connectivity index (χ1) is 8.02. The summed E-state index contributed by atoms with van der Waals surface area (Å²) in [5, 5.41) is 18.2. The highest BCUT2D eigenvalue weighted by atomic mass is 16.5. The molecule has 0 aromatic heterocycles. The molecule has 0 aliphatic heterocycles. The first-order valence-corrected chi connectivity index (χ1v) is 6.41. The molecule has 0 saturated heterocycles. The second-order valence-electron chi connectivity index (χ2n) is 4.98. The van der Waals surface area contributed by atoms with E-state index in [0.29, 0.717) is 0 Å². The van der Waals surface area contributed by atoms with Crippen molar-refractivity contribution in [3.8, 4) is 0 Å². The van der Waals surface area contributed by atoms with Crippen LogP contribution in [0.15, 0.2) is 0 Å². The van der Waals surface area contributed by atoms with Crippen LogP contribution in [-0.2, 0) is 9.53 Å². The summed E-state index contributed by atoms with van der Waals surface area (Å²) in [6.45, 7) is 5.44. The van der Waals surface area contributed by atoms with Crippen molar-refractivity contribution in [1.29, 1.82) is 0 Å². The fourth-order valence-corrected chi connectivity index (χ4v) is 1.44. The summed E-state index contributed by atoms with van der Waals surface area (Å²) in [4.78, 5) is 11.8. The molecule has 0 bridgehead atoms. The molecule has 1 atom stereocenters. The minimum Gasteiger partial charge on any atom is -0.465 e. The molecule has 0 aromatic rings. The second kappa shape index (κ2) is 8.48. The molecule has 0 rings (SSSR count). The standard InChI is InChI=1S/C13H26O4/c1-4-6-7-11(5-2)12(16)17-10-13(3,8-14)9-15/h11,14-15H,4-10H2,1-3H3. The van der Waals surface area contributed by atoms with Gasteiger partial charge in [-0.1, -0.05) is 33.6 Å². The SMILES string of the molecule is CCCCC(CC)C(=O)OCC(C)(CO)CO. The Hall–Kier alpha value is -0.610. The smallest absolute Gasteiger partial charge is 0.308 e. The third-order valence-corrected chi connectivity index (χ3v) is 3.06. The highest BCUT2D eigenvalue weighted by molar-refractivity contribution is 5.72. The van der Waals surface area contributed by atoms with Crippen LogP contribution < -0.4 is 0 Å². The zero-order valence-corrected chi connectivity index (χ0v) is 11.2. The molecular weight excluding hydrogens is 220 g/mol. The zero-order chi connectivity index (χ0) is 13.3. The quantitative estimate of drug-likeness (QED) is 0.608. The van der Waals surface area contributed by atoms with E-state index in [0.717, 1.165) is 25.7 Å².